The van der Waals surface area contributed by atoms with E-state index < -0.39 is 0 Å². The first-order valence-electron chi connectivity index (χ1n) is 7.43. The SMILES string of the molecule is CN=C(NCCCOC)NCCCc1nc(C(C)C)no1.I. The second-order valence-electron chi connectivity index (χ2n) is 5.08. The van der Waals surface area contributed by atoms with E-state index >= 15 is 0 Å². The highest BCUT2D eigenvalue weighted by Crippen LogP contribution is 2.10. The first kappa shape index (κ1) is 21.1. The number of ether oxygens (including phenoxy) is 1. The van der Waals surface area contributed by atoms with Gasteiger partial charge < -0.3 is 19.9 Å². The second-order valence-corrected chi connectivity index (χ2v) is 5.08. The molecule has 1 aromatic rings. The van der Waals surface area contributed by atoms with Crippen LogP contribution in [-0.2, 0) is 11.2 Å². The molecule has 0 aromatic carbocycles. The second kappa shape index (κ2) is 12.6. The van der Waals surface area contributed by atoms with Crippen LogP contribution in [0.5, 0.6) is 0 Å². The number of guanidine groups is 1. The Morgan fingerprint density at radius 3 is 2.50 bits per heavy atom. The molecule has 0 aliphatic heterocycles. The molecule has 0 aliphatic carbocycles. The van der Waals surface area contributed by atoms with Crippen molar-refractivity contribution in [1.29, 1.82) is 0 Å². The predicted molar refractivity (Wildman–Crippen MR) is 98.0 cm³/mol. The van der Waals surface area contributed by atoms with E-state index in [9.17, 15) is 0 Å². The van der Waals surface area contributed by atoms with Gasteiger partial charge in [-0.1, -0.05) is 19.0 Å². The third-order valence-corrected chi connectivity index (χ3v) is 2.90. The topological polar surface area (TPSA) is 84.6 Å². The maximum absolute atomic E-state index is 5.20. The highest BCUT2D eigenvalue weighted by atomic mass is 127. The van der Waals surface area contributed by atoms with E-state index in [1.54, 1.807) is 14.2 Å². The minimum atomic E-state index is 0. The number of aryl methyl sites for hydroxylation is 1. The summed E-state index contributed by atoms with van der Waals surface area (Å²) in [6, 6.07) is 0. The molecule has 0 radical (unpaired) electrons. The number of methoxy groups -OCH3 is 1. The summed E-state index contributed by atoms with van der Waals surface area (Å²) in [6.45, 7) is 6.50. The van der Waals surface area contributed by atoms with Crippen molar-refractivity contribution in [3.05, 3.63) is 11.7 Å². The number of hydrogen-bond acceptors (Lipinski definition) is 5. The lowest BCUT2D eigenvalue weighted by molar-refractivity contribution is 0.195. The number of aromatic nitrogens is 2. The first-order valence-corrected chi connectivity index (χ1v) is 7.43. The Kier molecular flexibility index (Phi) is 12.1. The van der Waals surface area contributed by atoms with Gasteiger partial charge in [-0.3, -0.25) is 4.99 Å². The zero-order chi connectivity index (χ0) is 15.5. The van der Waals surface area contributed by atoms with Crippen molar-refractivity contribution in [3.8, 4) is 0 Å². The molecule has 0 saturated carbocycles. The van der Waals surface area contributed by atoms with Crippen LogP contribution in [-0.4, -0.2) is 50.0 Å². The number of aliphatic imine (C=N–C) groups is 1. The molecule has 0 aliphatic rings. The highest BCUT2D eigenvalue weighted by molar-refractivity contribution is 14.0. The molecular formula is C14H28IN5O2. The molecule has 1 heterocycles. The number of rotatable bonds is 9. The van der Waals surface area contributed by atoms with Crippen molar-refractivity contribution in [2.75, 3.05) is 33.9 Å². The van der Waals surface area contributed by atoms with Crippen LogP contribution in [0, 0.1) is 0 Å². The Labute approximate surface area is 149 Å². The van der Waals surface area contributed by atoms with Gasteiger partial charge in [0.25, 0.3) is 0 Å². The van der Waals surface area contributed by atoms with Gasteiger partial charge >= 0.3 is 0 Å². The van der Waals surface area contributed by atoms with Gasteiger partial charge in [0.05, 0.1) is 0 Å². The average molecular weight is 425 g/mol. The van der Waals surface area contributed by atoms with Crippen LogP contribution in [0.2, 0.25) is 0 Å². The van der Waals surface area contributed by atoms with E-state index in [1.165, 1.54) is 0 Å². The number of hydrogen-bond donors (Lipinski definition) is 2. The van der Waals surface area contributed by atoms with Gasteiger partial charge in [-0.05, 0) is 12.8 Å². The summed E-state index contributed by atoms with van der Waals surface area (Å²) in [5.74, 6) is 2.58. The molecule has 0 saturated heterocycles. The van der Waals surface area contributed by atoms with Gasteiger partial charge in [-0.2, -0.15) is 4.98 Å². The first-order chi connectivity index (χ1) is 10.2. The molecule has 1 rings (SSSR count). The number of nitrogens with zero attached hydrogens (tertiary/aromatic N) is 3. The molecule has 0 unspecified atom stereocenters. The Hall–Kier alpha value is -0.900. The fourth-order valence-corrected chi connectivity index (χ4v) is 1.69. The molecule has 128 valence electrons. The van der Waals surface area contributed by atoms with Gasteiger partial charge in [0, 0.05) is 46.2 Å². The molecule has 0 atom stereocenters. The molecule has 0 amide bonds. The molecule has 2 N–H and O–H groups in total. The van der Waals surface area contributed by atoms with Gasteiger partial charge in [-0.25, -0.2) is 0 Å². The minimum Gasteiger partial charge on any atom is -0.385 e. The summed E-state index contributed by atoms with van der Waals surface area (Å²) in [5.41, 5.74) is 0. The van der Waals surface area contributed by atoms with Gasteiger partial charge in [-0.15, -0.1) is 24.0 Å². The molecular weight excluding hydrogens is 397 g/mol. The van der Waals surface area contributed by atoms with E-state index in [0.29, 0.717) is 11.8 Å². The Bertz CT molecular complexity index is 423. The molecule has 0 fully saturated rings. The summed E-state index contributed by atoms with van der Waals surface area (Å²) >= 11 is 0. The Balaban J connectivity index is 0.00000441. The number of nitrogens with one attached hydrogen (secondary N) is 2. The summed E-state index contributed by atoms with van der Waals surface area (Å²) in [5, 5.41) is 10.4. The molecule has 22 heavy (non-hydrogen) atoms. The van der Waals surface area contributed by atoms with Crippen LogP contribution >= 0.6 is 24.0 Å². The van der Waals surface area contributed by atoms with Crippen LogP contribution in [0.15, 0.2) is 9.52 Å². The van der Waals surface area contributed by atoms with E-state index in [4.69, 9.17) is 9.26 Å². The van der Waals surface area contributed by atoms with Crippen molar-refractivity contribution in [1.82, 2.24) is 20.8 Å². The fraction of sp³-hybridized carbons (Fsp3) is 0.786. The van der Waals surface area contributed by atoms with Gasteiger partial charge in [0.2, 0.25) is 5.89 Å². The summed E-state index contributed by atoms with van der Waals surface area (Å²) in [6.07, 6.45) is 2.64. The monoisotopic (exact) mass is 425 g/mol. The molecule has 1 aromatic heterocycles. The molecule has 8 heteroatoms. The normalized spacial score (nSPS) is 11.4. The maximum atomic E-state index is 5.20. The molecule has 0 spiro atoms. The fourth-order valence-electron chi connectivity index (χ4n) is 1.69. The van der Waals surface area contributed by atoms with Crippen LogP contribution in [0.1, 0.15) is 44.3 Å². The van der Waals surface area contributed by atoms with Crippen LogP contribution in [0.25, 0.3) is 0 Å². The average Bonchev–Trinajstić information content (AvgIpc) is 2.94. The zero-order valence-corrected chi connectivity index (χ0v) is 16.2. The Morgan fingerprint density at radius 1 is 1.27 bits per heavy atom. The standard InChI is InChI=1S/C14H27N5O2.HI/c1-11(2)13-18-12(21-19-13)7-5-8-16-14(15-3)17-9-6-10-20-4;/h11H,5-10H2,1-4H3,(H2,15,16,17);1H. The quantitative estimate of drug-likeness (QED) is 0.272. The van der Waals surface area contributed by atoms with Crippen molar-refractivity contribution in [2.24, 2.45) is 4.99 Å². The zero-order valence-electron chi connectivity index (χ0n) is 13.9. The highest BCUT2D eigenvalue weighted by Gasteiger charge is 2.09. The smallest absolute Gasteiger partial charge is 0.226 e. The van der Waals surface area contributed by atoms with Crippen LogP contribution in [0.3, 0.4) is 0 Å². The summed E-state index contributed by atoms with van der Waals surface area (Å²) in [4.78, 5) is 8.51. The third-order valence-electron chi connectivity index (χ3n) is 2.90. The van der Waals surface area contributed by atoms with E-state index in [0.717, 1.165) is 50.7 Å². The van der Waals surface area contributed by atoms with E-state index in [-0.39, 0.29) is 24.0 Å². The maximum Gasteiger partial charge on any atom is 0.226 e. The number of halogens is 1. The van der Waals surface area contributed by atoms with Crippen molar-refractivity contribution >= 4 is 29.9 Å². The van der Waals surface area contributed by atoms with Crippen molar-refractivity contribution in [3.63, 3.8) is 0 Å². The van der Waals surface area contributed by atoms with Crippen molar-refractivity contribution < 1.29 is 9.26 Å². The van der Waals surface area contributed by atoms with Gasteiger partial charge in [0.15, 0.2) is 11.8 Å². The lowest BCUT2D eigenvalue weighted by Crippen LogP contribution is -2.38. The van der Waals surface area contributed by atoms with Crippen LogP contribution < -0.4 is 10.6 Å². The lowest BCUT2D eigenvalue weighted by Gasteiger charge is -2.10. The molecule has 7 nitrogen and oxygen atoms in total. The van der Waals surface area contributed by atoms with Crippen molar-refractivity contribution in [2.45, 2.75) is 39.0 Å². The predicted octanol–water partition coefficient (Wildman–Crippen LogP) is 1.95. The molecule has 0 bridgehead atoms. The van der Waals surface area contributed by atoms with E-state index in [1.807, 2.05) is 0 Å². The van der Waals surface area contributed by atoms with Gasteiger partial charge in [0.1, 0.15) is 0 Å². The van der Waals surface area contributed by atoms with E-state index in [2.05, 4.69) is 39.6 Å². The summed E-state index contributed by atoms with van der Waals surface area (Å²) in [7, 11) is 3.47. The van der Waals surface area contributed by atoms with Crippen LogP contribution in [0.4, 0.5) is 0 Å². The third kappa shape index (κ3) is 8.52. The minimum absolute atomic E-state index is 0. The largest absolute Gasteiger partial charge is 0.385 e. The Morgan fingerprint density at radius 2 is 1.95 bits per heavy atom. The summed E-state index contributed by atoms with van der Waals surface area (Å²) < 4.78 is 10.2. The lowest BCUT2D eigenvalue weighted by atomic mass is 10.2.